The fourth-order valence-electron chi connectivity index (χ4n) is 1.95. The fourth-order valence-corrected chi connectivity index (χ4v) is 1.95. The van der Waals surface area contributed by atoms with Gasteiger partial charge in [-0.3, -0.25) is 0 Å². The van der Waals surface area contributed by atoms with Crippen molar-refractivity contribution >= 4 is 12.6 Å². The first-order valence-corrected chi connectivity index (χ1v) is 5.88. The fraction of sp³-hybridized carbons (Fsp3) is 0.143. The normalized spacial score (nSPS) is 12.9. The van der Waals surface area contributed by atoms with E-state index in [-0.39, 0.29) is 7.12 Å². The second-order valence-corrected chi connectivity index (χ2v) is 4.11. The van der Waals surface area contributed by atoms with E-state index in [4.69, 9.17) is 9.31 Å². The Morgan fingerprint density at radius 1 is 0.882 bits per heavy atom. The van der Waals surface area contributed by atoms with Crippen molar-refractivity contribution in [3.05, 3.63) is 54.1 Å². The molecular formula is C14H13BO2. The van der Waals surface area contributed by atoms with Gasteiger partial charge in [0.05, 0.1) is 0 Å². The highest BCUT2D eigenvalue weighted by Crippen LogP contribution is 2.32. The highest BCUT2D eigenvalue weighted by atomic mass is 16.6. The standard InChI is InChI=1S/C14H13BO2/c1-2-11-7-9-12(10-8-11)15-16-13-5-3-4-6-14(13)17-15/h3-10H,2H2,1H3. The molecule has 0 saturated heterocycles. The van der Waals surface area contributed by atoms with Crippen molar-refractivity contribution in [3.63, 3.8) is 0 Å². The van der Waals surface area contributed by atoms with Crippen LogP contribution in [0.5, 0.6) is 11.5 Å². The molecule has 0 bridgehead atoms. The van der Waals surface area contributed by atoms with Crippen molar-refractivity contribution in [1.82, 2.24) is 0 Å². The molecule has 0 fully saturated rings. The summed E-state index contributed by atoms with van der Waals surface area (Å²) in [6.45, 7) is 2.15. The van der Waals surface area contributed by atoms with Gasteiger partial charge in [0.2, 0.25) is 0 Å². The largest absolute Gasteiger partial charge is 0.632 e. The van der Waals surface area contributed by atoms with Crippen LogP contribution >= 0.6 is 0 Å². The third-order valence-electron chi connectivity index (χ3n) is 2.98. The number of hydrogen-bond donors (Lipinski definition) is 0. The lowest BCUT2D eigenvalue weighted by atomic mass is 9.79. The second kappa shape index (κ2) is 4.17. The molecule has 0 unspecified atom stereocenters. The average molecular weight is 224 g/mol. The zero-order valence-corrected chi connectivity index (χ0v) is 9.72. The van der Waals surface area contributed by atoms with Crippen LogP contribution in [0.25, 0.3) is 0 Å². The molecule has 84 valence electrons. The first-order valence-electron chi connectivity index (χ1n) is 5.88. The van der Waals surface area contributed by atoms with Crippen LogP contribution in [0.4, 0.5) is 0 Å². The summed E-state index contributed by atoms with van der Waals surface area (Å²) in [4.78, 5) is 0. The van der Waals surface area contributed by atoms with Crippen molar-refractivity contribution in [2.24, 2.45) is 0 Å². The molecule has 1 aliphatic rings. The lowest BCUT2D eigenvalue weighted by molar-refractivity contribution is 0.519. The Kier molecular flexibility index (Phi) is 2.52. The van der Waals surface area contributed by atoms with Crippen LogP contribution < -0.4 is 14.8 Å². The van der Waals surface area contributed by atoms with Crippen molar-refractivity contribution in [2.75, 3.05) is 0 Å². The van der Waals surface area contributed by atoms with Crippen molar-refractivity contribution < 1.29 is 9.31 Å². The van der Waals surface area contributed by atoms with Gasteiger partial charge in [0.1, 0.15) is 11.5 Å². The number of benzene rings is 2. The summed E-state index contributed by atoms with van der Waals surface area (Å²) < 4.78 is 11.5. The molecule has 0 aliphatic carbocycles. The minimum absolute atomic E-state index is 0.307. The summed E-state index contributed by atoms with van der Waals surface area (Å²) in [7, 11) is -0.307. The van der Waals surface area contributed by atoms with E-state index in [1.165, 1.54) is 5.56 Å². The van der Waals surface area contributed by atoms with E-state index in [1.807, 2.05) is 24.3 Å². The van der Waals surface area contributed by atoms with Gasteiger partial charge in [-0.05, 0) is 24.1 Å². The van der Waals surface area contributed by atoms with Crippen LogP contribution in [0.3, 0.4) is 0 Å². The molecule has 0 amide bonds. The molecule has 1 aliphatic heterocycles. The molecule has 0 saturated carbocycles. The van der Waals surface area contributed by atoms with Crippen LogP contribution in [0.2, 0.25) is 0 Å². The zero-order chi connectivity index (χ0) is 11.7. The summed E-state index contributed by atoms with van der Waals surface area (Å²) in [5.41, 5.74) is 2.38. The van der Waals surface area contributed by atoms with Gasteiger partial charge in [-0.15, -0.1) is 0 Å². The molecular weight excluding hydrogens is 211 g/mol. The summed E-state index contributed by atoms with van der Waals surface area (Å²) >= 11 is 0. The van der Waals surface area contributed by atoms with Crippen LogP contribution in [0.1, 0.15) is 12.5 Å². The van der Waals surface area contributed by atoms with E-state index >= 15 is 0 Å². The summed E-state index contributed by atoms with van der Waals surface area (Å²) in [5.74, 6) is 1.63. The highest BCUT2D eigenvalue weighted by molar-refractivity contribution is 6.63. The minimum Gasteiger partial charge on any atom is -0.519 e. The molecule has 1 heterocycles. The number of para-hydroxylation sites is 2. The first-order chi connectivity index (χ1) is 8.36. The average Bonchev–Trinajstić information content (AvgIpc) is 2.82. The quantitative estimate of drug-likeness (QED) is 0.729. The molecule has 2 aromatic rings. The van der Waals surface area contributed by atoms with Crippen LogP contribution in [-0.4, -0.2) is 7.12 Å². The highest BCUT2D eigenvalue weighted by Gasteiger charge is 2.33. The topological polar surface area (TPSA) is 18.5 Å². The Balaban J connectivity index is 1.83. The Morgan fingerprint density at radius 3 is 2.00 bits per heavy atom. The van der Waals surface area contributed by atoms with Gasteiger partial charge in [0, 0.05) is 5.46 Å². The number of hydrogen-bond acceptors (Lipinski definition) is 2. The predicted molar refractivity (Wildman–Crippen MR) is 68.9 cm³/mol. The maximum absolute atomic E-state index is 5.74. The SMILES string of the molecule is CCc1ccc(B2Oc3ccccc3O2)cc1. The van der Waals surface area contributed by atoms with Gasteiger partial charge in [-0.2, -0.15) is 0 Å². The van der Waals surface area contributed by atoms with Crippen LogP contribution in [-0.2, 0) is 6.42 Å². The third kappa shape index (κ3) is 1.89. The Bertz CT molecular complexity index is 497. The van der Waals surface area contributed by atoms with Gasteiger partial charge in [0.15, 0.2) is 0 Å². The van der Waals surface area contributed by atoms with Crippen molar-refractivity contribution in [2.45, 2.75) is 13.3 Å². The summed E-state index contributed by atoms with van der Waals surface area (Å²) in [6, 6.07) is 16.1. The molecule has 2 aromatic carbocycles. The van der Waals surface area contributed by atoms with Crippen LogP contribution in [0.15, 0.2) is 48.5 Å². The number of aryl methyl sites for hydroxylation is 1. The molecule has 0 N–H and O–H groups in total. The molecule has 0 aromatic heterocycles. The van der Waals surface area contributed by atoms with E-state index in [1.54, 1.807) is 0 Å². The monoisotopic (exact) mass is 224 g/mol. The first kappa shape index (κ1) is 10.3. The lowest BCUT2D eigenvalue weighted by Gasteiger charge is -2.05. The molecule has 2 nitrogen and oxygen atoms in total. The minimum atomic E-state index is -0.307. The van der Waals surface area contributed by atoms with E-state index < -0.39 is 0 Å². The lowest BCUT2D eigenvalue weighted by Crippen LogP contribution is -2.38. The molecule has 0 atom stereocenters. The van der Waals surface area contributed by atoms with E-state index in [2.05, 4.69) is 31.2 Å². The van der Waals surface area contributed by atoms with Gasteiger partial charge in [-0.25, -0.2) is 0 Å². The van der Waals surface area contributed by atoms with E-state index in [0.717, 1.165) is 23.4 Å². The predicted octanol–water partition coefficient (Wildman–Crippen LogP) is 2.42. The third-order valence-corrected chi connectivity index (χ3v) is 2.98. The Labute approximate surface area is 101 Å². The maximum Gasteiger partial charge on any atom is 0.632 e. The van der Waals surface area contributed by atoms with Gasteiger partial charge < -0.3 is 9.31 Å². The molecule has 3 rings (SSSR count). The zero-order valence-electron chi connectivity index (χ0n) is 9.72. The van der Waals surface area contributed by atoms with Crippen molar-refractivity contribution in [1.29, 1.82) is 0 Å². The smallest absolute Gasteiger partial charge is 0.519 e. The van der Waals surface area contributed by atoms with Crippen LogP contribution in [0, 0.1) is 0 Å². The molecule has 0 spiro atoms. The van der Waals surface area contributed by atoms with Gasteiger partial charge >= 0.3 is 7.12 Å². The molecule has 17 heavy (non-hydrogen) atoms. The summed E-state index contributed by atoms with van der Waals surface area (Å²) in [6.07, 6.45) is 1.05. The number of rotatable bonds is 2. The van der Waals surface area contributed by atoms with Gasteiger partial charge in [-0.1, -0.05) is 43.3 Å². The van der Waals surface area contributed by atoms with E-state index in [0.29, 0.717) is 0 Å². The molecule has 0 radical (unpaired) electrons. The Morgan fingerprint density at radius 2 is 1.47 bits per heavy atom. The van der Waals surface area contributed by atoms with Gasteiger partial charge in [0.25, 0.3) is 0 Å². The number of fused-ring (bicyclic) bond motifs is 1. The van der Waals surface area contributed by atoms with Crippen molar-refractivity contribution in [3.8, 4) is 11.5 Å². The maximum atomic E-state index is 5.74. The van der Waals surface area contributed by atoms with E-state index in [9.17, 15) is 0 Å². The molecule has 3 heteroatoms. The Hall–Kier alpha value is -1.90. The summed E-state index contributed by atoms with van der Waals surface area (Å²) in [5, 5.41) is 0. The second-order valence-electron chi connectivity index (χ2n) is 4.11.